The second-order valence-electron chi connectivity index (χ2n) is 7.79. The zero-order valence-corrected chi connectivity index (χ0v) is 19.4. The van der Waals surface area contributed by atoms with Gasteiger partial charge < -0.3 is 0 Å². The molecule has 0 aromatic heterocycles. The molecule has 0 aliphatic heterocycles. The Morgan fingerprint density at radius 2 is 1.39 bits per heavy atom. The Bertz CT molecular complexity index is 337. The molecule has 0 N–H and O–H groups in total. The van der Waals surface area contributed by atoms with Crippen molar-refractivity contribution in [3.05, 3.63) is 11.6 Å². The molecule has 2 nitrogen and oxygen atoms in total. The van der Waals surface area contributed by atoms with Gasteiger partial charge >= 0.3 is 113 Å². The fraction of sp³-hybridized carbons (Fsp3) is 0.850. The first-order valence-corrected chi connectivity index (χ1v) is 10.8. The molecule has 0 spiro atoms. The smallest absolute Gasteiger partial charge is 0.0628 e. The third kappa shape index (κ3) is 15.3. The maximum atomic E-state index is 11.2. The Balaban J connectivity index is 3.65. The third-order valence-corrected chi connectivity index (χ3v) is 5.28. The Morgan fingerprint density at radius 3 is 1.87 bits per heavy atom. The van der Waals surface area contributed by atoms with E-state index < -0.39 is 0 Å². The van der Waals surface area contributed by atoms with Crippen molar-refractivity contribution in [1.29, 1.82) is 0 Å². The Hall–Kier alpha value is 0.0282. The molecule has 0 bridgehead atoms. The van der Waals surface area contributed by atoms with Crippen molar-refractivity contribution in [2.75, 3.05) is 0 Å². The minimum Gasteiger partial charge on any atom is -0.0628 e. The van der Waals surface area contributed by atoms with Gasteiger partial charge in [0.2, 0.25) is 0 Å². The van der Waals surface area contributed by atoms with Crippen molar-refractivity contribution in [1.82, 2.24) is 0 Å². The van der Waals surface area contributed by atoms with E-state index in [1.807, 2.05) is 6.92 Å². The number of hydrogen-bond donors (Lipinski definition) is 0. The van der Waals surface area contributed by atoms with Crippen LogP contribution in [-0.4, -0.2) is 29.4 Å². The molecule has 0 aliphatic carbocycles. The van der Waals surface area contributed by atoms with E-state index >= 15 is 0 Å². The van der Waals surface area contributed by atoms with E-state index in [2.05, 4.69) is 27.7 Å². The first-order chi connectivity index (χ1) is 10.8. The van der Waals surface area contributed by atoms with Crippen LogP contribution in [0.25, 0.3) is 0 Å². The van der Waals surface area contributed by atoms with E-state index in [1.54, 1.807) is 6.08 Å². The van der Waals surface area contributed by atoms with E-state index in [4.69, 9.17) is 3.02 Å². The summed E-state index contributed by atoms with van der Waals surface area (Å²) in [6.45, 7) is 11.4. The summed E-state index contributed by atoms with van der Waals surface area (Å²) in [6, 6.07) is 0. The Labute approximate surface area is 158 Å². The molecule has 136 valence electrons. The van der Waals surface area contributed by atoms with Crippen molar-refractivity contribution in [2.24, 2.45) is 17.8 Å². The molecule has 0 rings (SSSR count). The molecular formula is C20H39O2Sb. The fourth-order valence-corrected chi connectivity index (χ4v) is 3.21. The zero-order chi connectivity index (χ0) is 17.7. The van der Waals surface area contributed by atoms with Crippen molar-refractivity contribution < 1.29 is 7.81 Å². The van der Waals surface area contributed by atoms with Crippen molar-refractivity contribution in [3.8, 4) is 0 Å². The molecule has 0 fully saturated rings. The summed E-state index contributed by atoms with van der Waals surface area (Å²) < 4.78 is 4.78. The minimum atomic E-state index is -0.176. The molecule has 2 atom stereocenters. The molecule has 0 saturated carbocycles. The van der Waals surface area contributed by atoms with Gasteiger partial charge in [0.05, 0.1) is 0 Å². The third-order valence-electron chi connectivity index (χ3n) is 4.62. The van der Waals surface area contributed by atoms with E-state index in [9.17, 15) is 4.79 Å². The van der Waals surface area contributed by atoms with Crippen molar-refractivity contribution in [2.45, 2.75) is 92.4 Å². The van der Waals surface area contributed by atoms with Crippen LogP contribution in [0.4, 0.5) is 0 Å². The Morgan fingerprint density at radius 1 is 0.913 bits per heavy atom. The van der Waals surface area contributed by atoms with Crippen molar-refractivity contribution in [3.63, 3.8) is 0 Å². The van der Waals surface area contributed by atoms with Crippen LogP contribution in [0.2, 0.25) is 0 Å². The average molecular weight is 433 g/mol. The summed E-state index contributed by atoms with van der Waals surface area (Å²) >= 11 is 0.545. The zero-order valence-electron chi connectivity index (χ0n) is 16.1. The summed E-state index contributed by atoms with van der Waals surface area (Å²) in [6.07, 6.45) is 13.4. The molecule has 0 unspecified atom stereocenters. The normalized spacial score (nSPS) is 14.8. The first-order valence-electron chi connectivity index (χ1n) is 9.43. The van der Waals surface area contributed by atoms with Crippen LogP contribution in [0.15, 0.2) is 11.6 Å². The molecule has 0 heterocycles. The average Bonchev–Trinajstić information content (AvgIpc) is 2.46. The van der Waals surface area contributed by atoms with E-state index in [0.29, 0.717) is 23.4 Å². The maximum absolute atomic E-state index is 11.2. The van der Waals surface area contributed by atoms with E-state index in [0.717, 1.165) is 29.7 Å². The Kier molecular flexibility index (Phi) is 14.4. The molecule has 0 radical (unpaired) electrons. The number of allylic oxidation sites excluding steroid dienone is 1. The summed E-state index contributed by atoms with van der Waals surface area (Å²) in [5.41, 5.74) is 1.15. The topological polar surface area (TPSA) is 26.3 Å². The second kappa shape index (κ2) is 14.4. The van der Waals surface area contributed by atoms with Crippen molar-refractivity contribution >= 4 is 29.4 Å². The van der Waals surface area contributed by atoms with Gasteiger partial charge in [-0.1, -0.05) is 40.0 Å². The van der Waals surface area contributed by atoms with Gasteiger partial charge in [-0.25, -0.2) is 0 Å². The molecule has 0 aromatic rings. The van der Waals surface area contributed by atoms with Crippen LogP contribution in [0.3, 0.4) is 0 Å². The van der Waals surface area contributed by atoms with Gasteiger partial charge in [0.15, 0.2) is 0 Å². The number of hydrogen-bond acceptors (Lipinski definition) is 2. The van der Waals surface area contributed by atoms with Gasteiger partial charge in [0.25, 0.3) is 0 Å². The molecule has 0 saturated heterocycles. The number of rotatable bonds is 13. The number of carbonyl (C=O) groups is 1. The first kappa shape index (κ1) is 23.0. The van der Waals surface area contributed by atoms with Crippen LogP contribution >= 0.6 is 0 Å². The van der Waals surface area contributed by atoms with Gasteiger partial charge in [0.1, 0.15) is 0 Å². The van der Waals surface area contributed by atoms with Crippen LogP contribution < -0.4 is 0 Å². The van der Waals surface area contributed by atoms with Gasteiger partial charge in [-0.3, -0.25) is 0 Å². The van der Waals surface area contributed by atoms with Crippen LogP contribution in [0.1, 0.15) is 92.4 Å². The van der Waals surface area contributed by atoms with Gasteiger partial charge in [-0.2, -0.15) is 0 Å². The number of carbonyl (C=O) groups excluding carboxylic acids is 1. The van der Waals surface area contributed by atoms with Gasteiger partial charge in [-0.15, -0.1) is 0 Å². The molecule has 3 heteroatoms. The summed E-state index contributed by atoms with van der Waals surface area (Å²) in [5, 5.41) is 0. The molecule has 0 amide bonds. The molecule has 0 aromatic carbocycles. The summed E-state index contributed by atoms with van der Waals surface area (Å²) in [7, 11) is 0. The van der Waals surface area contributed by atoms with Gasteiger partial charge in [0, 0.05) is 0 Å². The van der Waals surface area contributed by atoms with E-state index in [1.165, 1.54) is 51.4 Å². The summed E-state index contributed by atoms with van der Waals surface area (Å²) in [4.78, 5) is 11.2. The quantitative estimate of drug-likeness (QED) is 0.285. The molecule has 23 heavy (non-hydrogen) atoms. The monoisotopic (exact) mass is 432 g/mol. The van der Waals surface area contributed by atoms with Crippen LogP contribution in [-0.2, 0) is 7.81 Å². The predicted molar refractivity (Wildman–Crippen MR) is 103 cm³/mol. The van der Waals surface area contributed by atoms with E-state index in [-0.39, 0.29) is 5.97 Å². The molecule has 0 aliphatic rings. The standard InChI is InChI=1S/C20H38O2.Sb.2H/c1-16(2)9-6-10-17(3)11-7-12-18(4)13-8-14-19(5)15-20(21)22;;;/h15-18H,6-14H2,1-5H3,(H,21,22);;;/q;+1;;/p-1/b19-15+;;;/t17-,18-;;;/m1.../s1. The predicted octanol–water partition coefficient (Wildman–Crippen LogP) is 5.46. The fourth-order valence-electron chi connectivity index (χ4n) is 3.01. The second-order valence-corrected chi connectivity index (χ2v) is 8.46. The van der Waals surface area contributed by atoms with Crippen LogP contribution in [0, 0.1) is 17.8 Å². The molecular weight excluding hydrogens is 394 g/mol. The van der Waals surface area contributed by atoms with Gasteiger partial charge in [-0.05, 0) is 5.92 Å². The SMILES string of the molecule is C/C(=C\C(=O)[O][SbH2])CCC[C@H](C)CCC[C@H](C)CCCC(C)C. The summed E-state index contributed by atoms with van der Waals surface area (Å²) in [5.74, 6) is 2.36. The van der Waals surface area contributed by atoms with Crippen LogP contribution in [0.5, 0.6) is 0 Å². The minimum absolute atomic E-state index is 0.176.